The van der Waals surface area contributed by atoms with Crippen molar-refractivity contribution in [3.8, 4) is 44.9 Å². The maximum absolute atomic E-state index is 9.81. The van der Waals surface area contributed by atoms with Crippen LogP contribution in [-0.4, -0.2) is 10.2 Å². The maximum Gasteiger partial charge on any atom is 0.115 e. The monoisotopic (exact) mass is 438 g/mol. The van der Waals surface area contributed by atoms with Gasteiger partial charge in [0, 0.05) is 0 Å². The highest BCUT2D eigenvalue weighted by Gasteiger charge is 2.13. The third-order valence-corrected chi connectivity index (χ3v) is 6.39. The van der Waals surface area contributed by atoms with Crippen LogP contribution in [0.2, 0.25) is 0 Å². The van der Waals surface area contributed by atoms with Crippen molar-refractivity contribution in [3.63, 3.8) is 0 Å². The minimum absolute atomic E-state index is 0.249. The molecule has 0 amide bonds. The lowest BCUT2D eigenvalue weighted by Gasteiger charge is -2.16. The normalized spacial score (nSPS) is 11.2. The van der Waals surface area contributed by atoms with Gasteiger partial charge in [-0.3, -0.25) is 0 Å². The summed E-state index contributed by atoms with van der Waals surface area (Å²) in [6.45, 7) is 0. The molecule has 0 radical (unpaired) electrons. The average Bonchev–Trinajstić information content (AvgIpc) is 2.88. The molecule has 0 aliphatic heterocycles. The molecule has 6 aromatic rings. The highest BCUT2D eigenvalue weighted by atomic mass is 16.3. The molecule has 0 saturated heterocycles. The predicted molar refractivity (Wildman–Crippen MR) is 141 cm³/mol. The molecule has 0 heterocycles. The van der Waals surface area contributed by atoms with Gasteiger partial charge in [0.25, 0.3) is 0 Å². The first-order chi connectivity index (χ1) is 16.7. The number of rotatable bonds is 3. The summed E-state index contributed by atoms with van der Waals surface area (Å²) < 4.78 is 0. The number of hydrogen-bond acceptors (Lipinski definition) is 2. The van der Waals surface area contributed by atoms with E-state index in [9.17, 15) is 10.2 Å². The summed E-state index contributed by atoms with van der Waals surface area (Å²) in [4.78, 5) is 0. The lowest BCUT2D eigenvalue weighted by molar-refractivity contribution is 0.475. The van der Waals surface area contributed by atoms with Crippen LogP contribution >= 0.6 is 0 Å². The van der Waals surface area contributed by atoms with Gasteiger partial charge in [-0.25, -0.2) is 0 Å². The first-order valence-corrected chi connectivity index (χ1v) is 11.3. The zero-order chi connectivity index (χ0) is 23.1. The second-order valence-electron chi connectivity index (χ2n) is 8.59. The van der Waals surface area contributed by atoms with Crippen LogP contribution in [0.3, 0.4) is 0 Å². The fourth-order valence-corrected chi connectivity index (χ4v) is 4.74. The fraction of sp³-hybridized carbons (Fsp3) is 0. The molecule has 6 rings (SSSR count). The summed E-state index contributed by atoms with van der Waals surface area (Å²) in [5.74, 6) is 0.498. The lowest BCUT2D eigenvalue weighted by atomic mass is 9.88. The Kier molecular flexibility index (Phi) is 4.78. The fourth-order valence-electron chi connectivity index (χ4n) is 4.74. The summed E-state index contributed by atoms with van der Waals surface area (Å²) in [6, 6.07) is 40.5. The zero-order valence-electron chi connectivity index (χ0n) is 18.4. The van der Waals surface area contributed by atoms with Gasteiger partial charge in [-0.1, -0.05) is 72.8 Å². The number of aromatic hydroxyl groups is 2. The standard InChI is InChI=1S/C32H22O2/c33-28-13-9-21(10-14-28)25-18-26(22-11-15-29(34)16-12-22)20-27(19-25)32-30-7-3-1-5-23(30)17-24-6-2-4-8-31(24)32/h1-20,33-34H. The molecule has 0 fully saturated rings. The molecule has 0 atom stereocenters. The number of phenolic OH excluding ortho intramolecular Hbond substituents is 2. The molecule has 34 heavy (non-hydrogen) atoms. The van der Waals surface area contributed by atoms with Crippen molar-refractivity contribution in [1.82, 2.24) is 0 Å². The molecular formula is C32H22O2. The Balaban J connectivity index is 1.69. The molecule has 0 spiro atoms. The largest absolute Gasteiger partial charge is 0.508 e. The van der Waals surface area contributed by atoms with Crippen molar-refractivity contribution in [2.24, 2.45) is 0 Å². The smallest absolute Gasteiger partial charge is 0.115 e. The van der Waals surface area contributed by atoms with E-state index in [1.54, 1.807) is 24.3 Å². The van der Waals surface area contributed by atoms with Gasteiger partial charge in [0.1, 0.15) is 11.5 Å². The van der Waals surface area contributed by atoms with Gasteiger partial charge in [-0.05, 0) is 103 Å². The molecule has 0 unspecified atom stereocenters. The van der Waals surface area contributed by atoms with Gasteiger partial charge < -0.3 is 10.2 Å². The first-order valence-electron chi connectivity index (χ1n) is 11.3. The topological polar surface area (TPSA) is 40.5 Å². The summed E-state index contributed by atoms with van der Waals surface area (Å²) >= 11 is 0. The lowest BCUT2D eigenvalue weighted by Crippen LogP contribution is -1.89. The molecule has 0 saturated carbocycles. The highest BCUT2D eigenvalue weighted by molar-refractivity contribution is 6.13. The minimum atomic E-state index is 0.249. The Morgan fingerprint density at radius 3 is 1.24 bits per heavy atom. The summed E-state index contributed by atoms with van der Waals surface area (Å²) in [5, 5.41) is 24.4. The third-order valence-electron chi connectivity index (χ3n) is 6.39. The van der Waals surface area contributed by atoms with Crippen LogP contribution in [0, 0.1) is 0 Å². The minimum Gasteiger partial charge on any atom is -0.508 e. The van der Waals surface area contributed by atoms with Crippen molar-refractivity contribution in [2.45, 2.75) is 0 Å². The van der Waals surface area contributed by atoms with Crippen LogP contribution in [0.1, 0.15) is 0 Å². The molecule has 6 aromatic carbocycles. The van der Waals surface area contributed by atoms with Gasteiger partial charge in [0.15, 0.2) is 0 Å². The number of hydrogen-bond donors (Lipinski definition) is 2. The molecular weight excluding hydrogens is 416 g/mol. The van der Waals surface area contributed by atoms with Crippen molar-refractivity contribution < 1.29 is 10.2 Å². The van der Waals surface area contributed by atoms with Crippen molar-refractivity contribution in [2.75, 3.05) is 0 Å². The molecule has 2 N–H and O–H groups in total. The van der Waals surface area contributed by atoms with Crippen LogP contribution in [0.25, 0.3) is 54.9 Å². The number of fused-ring (bicyclic) bond motifs is 2. The molecule has 0 aliphatic rings. The zero-order valence-corrected chi connectivity index (χ0v) is 18.4. The summed E-state index contributed by atoms with van der Waals surface area (Å²) in [6.07, 6.45) is 0. The van der Waals surface area contributed by atoms with Crippen LogP contribution < -0.4 is 0 Å². The van der Waals surface area contributed by atoms with E-state index < -0.39 is 0 Å². The van der Waals surface area contributed by atoms with Gasteiger partial charge >= 0.3 is 0 Å². The van der Waals surface area contributed by atoms with E-state index in [0.717, 1.165) is 27.8 Å². The Hall–Kier alpha value is -4.56. The number of benzene rings is 6. The van der Waals surface area contributed by atoms with E-state index in [1.807, 2.05) is 24.3 Å². The number of phenols is 2. The van der Waals surface area contributed by atoms with Crippen LogP contribution in [0.15, 0.2) is 121 Å². The van der Waals surface area contributed by atoms with Gasteiger partial charge in [-0.2, -0.15) is 0 Å². The van der Waals surface area contributed by atoms with E-state index >= 15 is 0 Å². The molecule has 0 aromatic heterocycles. The molecule has 162 valence electrons. The third kappa shape index (κ3) is 3.56. The van der Waals surface area contributed by atoms with Crippen molar-refractivity contribution in [3.05, 3.63) is 121 Å². The van der Waals surface area contributed by atoms with E-state index in [4.69, 9.17) is 0 Å². The van der Waals surface area contributed by atoms with E-state index in [0.29, 0.717) is 0 Å². The van der Waals surface area contributed by atoms with Crippen molar-refractivity contribution in [1.29, 1.82) is 0 Å². The average molecular weight is 439 g/mol. The van der Waals surface area contributed by atoms with Crippen LogP contribution in [0.5, 0.6) is 11.5 Å². The van der Waals surface area contributed by atoms with Crippen LogP contribution in [0.4, 0.5) is 0 Å². The molecule has 0 aliphatic carbocycles. The second kappa shape index (κ2) is 8.09. The maximum atomic E-state index is 9.81. The van der Waals surface area contributed by atoms with Gasteiger partial charge in [-0.15, -0.1) is 0 Å². The summed E-state index contributed by atoms with van der Waals surface area (Å²) in [5.41, 5.74) is 6.53. The molecule has 0 bridgehead atoms. The SMILES string of the molecule is Oc1ccc(-c2cc(-c3ccc(O)cc3)cc(-c3c4ccccc4cc4ccccc34)c2)cc1. The Morgan fingerprint density at radius 2 is 0.765 bits per heavy atom. The quantitative estimate of drug-likeness (QED) is 0.272. The highest BCUT2D eigenvalue weighted by Crippen LogP contribution is 2.40. The summed E-state index contributed by atoms with van der Waals surface area (Å²) in [7, 11) is 0. The van der Waals surface area contributed by atoms with Gasteiger partial charge in [0.05, 0.1) is 0 Å². The predicted octanol–water partition coefficient (Wildman–Crippen LogP) is 8.41. The molecule has 2 nitrogen and oxygen atoms in total. The van der Waals surface area contributed by atoms with Crippen LogP contribution in [-0.2, 0) is 0 Å². The van der Waals surface area contributed by atoms with E-state index in [2.05, 4.69) is 72.8 Å². The van der Waals surface area contributed by atoms with Crippen molar-refractivity contribution >= 4 is 21.5 Å². The Labute approximate surface area is 198 Å². The van der Waals surface area contributed by atoms with Gasteiger partial charge in [0.2, 0.25) is 0 Å². The van der Waals surface area contributed by atoms with E-state index in [-0.39, 0.29) is 11.5 Å². The molecule has 2 heteroatoms. The Bertz CT molecular complexity index is 1530. The first kappa shape index (κ1) is 20.1. The Morgan fingerprint density at radius 1 is 0.353 bits per heavy atom. The van der Waals surface area contributed by atoms with E-state index in [1.165, 1.54) is 27.1 Å². The second-order valence-corrected chi connectivity index (χ2v) is 8.59.